The lowest BCUT2D eigenvalue weighted by atomic mass is 9.61. The van der Waals surface area contributed by atoms with E-state index in [1.165, 1.54) is 22.3 Å². The first kappa shape index (κ1) is 66.8. The predicted octanol–water partition coefficient (Wildman–Crippen LogP) is 11.7. The Morgan fingerprint density at radius 3 is 1.31 bits per heavy atom. The van der Waals surface area contributed by atoms with Crippen molar-refractivity contribution < 1.29 is 55.6 Å². The van der Waals surface area contributed by atoms with Crippen LogP contribution in [0.25, 0.3) is 0 Å². The lowest BCUT2D eigenvalue weighted by Gasteiger charge is -2.53. The van der Waals surface area contributed by atoms with E-state index in [9.17, 15) is 36.6 Å². The Morgan fingerprint density at radius 1 is 0.556 bits per heavy atom. The van der Waals surface area contributed by atoms with Gasteiger partial charge in [0, 0.05) is 72.4 Å². The molecule has 4 aliphatic carbocycles. The van der Waals surface area contributed by atoms with Crippen molar-refractivity contribution in [1.82, 2.24) is 9.44 Å². The number of fused-ring (bicyclic) bond motifs is 8. The topological polar surface area (TPSA) is 210 Å². The number of sulfonamides is 2. The molecule has 2 fully saturated rings. The first-order valence-electron chi connectivity index (χ1n) is 33.0. The molecule has 2 spiro atoms. The summed E-state index contributed by atoms with van der Waals surface area (Å²) in [6.45, 7) is 14.5. The molecule has 4 aliphatic heterocycles. The van der Waals surface area contributed by atoms with Gasteiger partial charge in [0.15, 0.2) is 0 Å². The first-order chi connectivity index (χ1) is 42.8. The Bertz CT molecular complexity index is 3330. The lowest BCUT2D eigenvalue weighted by Crippen LogP contribution is -2.58. The molecule has 20 heteroatoms. The average molecular weight is 1320 g/mol. The van der Waals surface area contributed by atoms with Crippen LogP contribution in [0.2, 0.25) is 10.0 Å². The van der Waals surface area contributed by atoms with Crippen LogP contribution in [0, 0.1) is 35.5 Å². The molecule has 90 heavy (non-hydrogen) atoms. The summed E-state index contributed by atoms with van der Waals surface area (Å²) in [5.41, 5.74) is 5.14. The Morgan fingerprint density at radius 2 is 0.956 bits per heavy atom. The molecule has 0 radical (unpaired) electrons. The number of nitrogens with zero attached hydrogens (tertiary/aromatic N) is 2. The number of aliphatic hydroxyl groups excluding tert-OH is 2. The smallest absolute Gasteiger partial charge is 0.264 e. The maximum Gasteiger partial charge on any atom is 0.264 e. The minimum atomic E-state index is -3.93. The van der Waals surface area contributed by atoms with Gasteiger partial charge in [-0.15, -0.1) is 0 Å². The molecule has 14 atom stereocenters. The van der Waals surface area contributed by atoms with E-state index in [-0.39, 0.29) is 57.5 Å². The number of benzene rings is 4. The predicted molar refractivity (Wildman–Crippen MR) is 353 cm³/mol. The fourth-order valence-corrected chi connectivity index (χ4v) is 20.2. The summed E-state index contributed by atoms with van der Waals surface area (Å²) < 4.78 is 83.9. The second-order valence-corrected chi connectivity index (χ2v) is 33.2. The van der Waals surface area contributed by atoms with Crippen LogP contribution in [0.15, 0.2) is 72.8 Å². The highest BCUT2D eigenvalue weighted by Crippen LogP contribution is 2.53. The summed E-state index contributed by atoms with van der Waals surface area (Å²) >= 11 is 12.9. The standard InChI is InChI=1S/2C35H47ClN2O6S/c2*1-22-7-5-16-35(43-4,24(3)39)30-12-9-27(30)19-38-20-34(15-6-8-25-17-28(36)11-13-29(25)34)21-44-32-14-10-26(18-31(32)38)33(40)37-45(41,42)23(22)2/h2*10-11,13-14,17-18,22-24,27,30,39H,5-9,12,15-16,19-21H2,1-4H3,(H,37,40)/t22-,23+,24+,27-,30+,34-,35+;22-,23+,24-,27-,30+,34-,35+/m00/s1. The van der Waals surface area contributed by atoms with Crippen molar-refractivity contribution in [2.45, 2.75) is 189 Å². The molecule has 12 rings (SSSR count). The highest BCUT2D eigenvalue weighted by atomic mass is 35.5. The molecule has 4 heterocycles. The van der Waals surface area contributed by atoms with Crippen LogP contribution in [-0.2, 0) is 53.2 Å². The number of aliphatic hydroxyl groups is 2. The molecule has 16 nitrogen and oxygen atoms in total. The minimum Gasteiger partial charge on any atom is -0.490 e. The van der Waals surface area contributed by atoms with Gasteiger partial charge in [0.2, 0.25) is 20.0 Å². The molecule has 4 bridgehead atoms. The number of amides is 2. The van der Waals surface area contributed by atoms with Crippen molar-refractivity contribution in [3.63, 3.8) is 0 Å². The van der Waals surface area contributed by atoms with Crippen LogP contribution < -0.4 is 28.7 Å². The van der Waals surface area contributed by atoms with E-state index >= 15 is 0 Å². The number of methoxy groups -OCH3 is 2. The fraction of sp³-hybridized carbons (Fsp3) is 0.629. The molecule has 4 aromatic rings. The molecule has 0 aromatic heterocycles. The molecule has 0 unspecified atom stereocenters. The van der Waals surface area contributed by atoms with Crippen LogP contribution in [-0.4, -0.2) is 126 Å². The van der Waals surface area contributed by atoms with Gasteiger partial charge < -0.3 is 39.0 Å². The highest BCUT2D eigenvalue weighted by Gasteiger charge is 2.54. The summed E-state index contributed by atoms with van der Waals surface area (Å²) in [7, 11) is -4.46. The van der Waals surface area contributed by atoms with Gasteiger partial charge in [0.1, 0.15) is 11.5 Å². The SMILES string of the molecule is CO[C@@]1([C@@H](C)O)CCC[C@H](C)[C@@H](C)S(=O)(=O)NC(=O)c2ccc3c(c2)N(C[C@@H]2CC[C@H]21)C[C@@]1(CCCc2cc(Cl)ccc21)CO3.CO[C@@]1([C@H](C)O)CCC[C@H](C)[C@@H](C)S(=O)(=O)NC(=O)c2ccc3c(c2)N(C[C@@H]2CC[C@H]21)C[C@@]1(CCCc2cc(Cl)ccc21)CO3. The van der Waals surface area contributed by atoms with Crippen LogP contribution in [0.4, 0.5) is 11.4 Å². The van der Waals surface area contributed by atoms with Gasteiger partial charge in [-0.25, -0.2) is 26.3 Å². The Balaban J connectivity index is 0.000000185. The third-order valence-corrected chi connectivity index (χ3v) is 27.6. The Labute approximate surface area is 543 Å². The van der Waals surface area contributed by atoms with Gasteiger partial charge in [0.25, 0.3) is 11.8 Å². The number of nitrogens with one attached hydrogen (secondary N) is 2. The van der Waals surface area contributed by atoms with Crippen molar-refractivity contribution in [3.05, 3.63) is 116 Å². The summed E-state index contributed by atoms with van der Waals surface area (Å²) in [5, 5.41) is 22.4. The maximum atomic E-state index is 13.5. The molecule has 4 aromatic carbocycles. The number of rotatable bonds is 4. The number of carbonyl (C=O) groups is 2. The summed E-state index contributed by atoms with van der Waals surface area (Å²) in [6, 6.07) is 22.9. The van der Waals surface area contributed by atoms with Gasteiger partial charge in [-0.1, -0.05) is 62.0 Å². The van der Waals surface area contributed by atoms with E-state index in [0.717, 1.165) is 85.6 Å². The van der Waals surface area contributed by atoms with Crippen LogP contribution >= 0.6 is 23.2 Å². The van der Waals surface area contributed by atoms with E-state index in [4.69, 9.17) is 42.1 Å². The third-order valence-electron chi connectivity index (χ3n) is 23.3. The molecule has 2 amide bonds. The normalized spacial score (nSPS) is 33.9. The number of anilines is 2. The number of hydrogen-bond acceptors (Lipinski definition) is 14. The lowest BCUT2D eigenvalue weighted by molar-refractivity contribution is -0.172. The zero-order valence-electron chi connectivity index (χ0n) is 53.7. The molecule has 8 aliphatic rings. The van der Waals surface area contributed by atoms with Gasteiger partial charge in [-0.2, -0.15) is 0 Å². The van der Waals surface area contributed by atoms with Crippen molar-refractivity contribution in [3.8, 4) is 11.5 Å². The number of ether oxygens (including phenoxy) is 4. The summed E-state index contributed by atoms with van der Waals surface area (Å²) in [4.78, 5) is 31.6. The summed E-state index contributed by atoms with van der Waals surface area (Å²) in [5.74, 6) is 0.520. The molecule has 0 saturated heterocycles. The van der Waals surface area contributed by atoms with E-state index in [1.54, 1.807) is 64.5 Å². The van der Waals surface area contributed by atoms with E-state index in [1.807, 2.05) is 39.8 Å². The van der Waals surface area contributed by atoms with E-state index in [2.05, 4.69) is 43.5 Å². The first-order valence-corrected chi connectivity index (χ1v) is 36.8. The molecular weight excluding hydrogens is 1220 g/mol. The molecular formula is C70H94Cl2N4O12S2. The Kier molecular flexibility index (Phi) is 19.5. The maximum absolute atomic E-state index is 13.5. The van der Waals surface area contributed by atoms with Crippen molar-refractivity contribution in [2.24, 2.45) is 35.5 Å². The van der Waals surface area contributed by atoms with E-state index < -0.39 is 65.8 Å². The van der Waals surface area contributed by atoms with Crippen LogP contribution in [0.5, 0.6) is 11.5 Å². The minimum absolute atomic E-state index is 0.138. The fourth-order valence-electron chi connectivity index (χ4n) is 17.2. The molecule has 4 N–H and O–H groups in total. The zero-order valence-corrected chi connectivity index (χ0v) is 56.8. The monoisotopic (exact) mass is 1320 g/mol. The Hall–Kier alpha value is -4.66. The third kappa shape index (κ3) is 12.7. The molecule has 2 saturated carbocycles. The van der Waals surface area contributed by atoms with Crippen molar-refractivity contribution in [1.29, 1.82) is 0 Å². The largest absolute Gasteiger partial charge is 0.490 e. The number of aryl methyl sites for hydroxylation is 2. The number of halogens is 2. The van der Waals surface area contributed by atoms with Crippen molar-refractivity contribution >= 4 is 66.4 Å². The van der Waals surface area contributed by atoms with Gasteiger partial charge in [-0.05, 0) is 236 Å². The second-order valence-electron chi connectivity index (χ2n) is 28.2. The van der Waals surface area contributed by atoms with Crippen LogP contribution in [0.3, 0.4) is 0 Å². The molecule has 492 valence electrons. The zero-order chi connectivity index (χ0) is 64.3. The number of hydrogen-bond donors (Lipinski definition) is 4. The van der Waals surface area contributed by atoms with Gasteiger partial charge >= 0.3 is 0 Å². The van der Waals surface area contributed by atoms with Gasteiger partial charge in [-0.3, -0.25) is 9.59 Å². The summed E-state index contributed by atoms with van der Waals surface area (Å²) in [6.07, 6.45) is 12.4. The van der Waals surface area contributed by atoms with Gasteiger partial charge in [0.05, 0.1) is 58.5 Å². The second kappa shape index (κ2) is 26.3. The quantitative estimate of drug-likeness (QED) is 0.150. The van der Waals surface area contributed by atoms with Crippen molar-refractivity contribution in [2.75, 3.05) is 63.4 Å². The highest BCUT2D eigenvalue weighted by molar-refractivity contribution is 7.91. The van der Waals surface area contributed by atoms with E-state index in [0.29, 0.717) is 89.4 Å². The average Bonchev–Trinajstić information content (AvgIpc) is 1.34. The number of carbonyl (C=O) groups excluding carboxylic acids is 2. The van der Waals surface area contributed by atoms with Crippen LogP contribution in [0.1, 0.15) is 174 Å².